The summed E-state index contributed by atoms with van der Waals surface area (Å²) in [6.45, 7) is 0. The van der Waals surface area contributed by atoms with Crippen LogP contribution in [0, 0.1) is 0 Å². The minimum atomic E-state index is 0. The van der Waals surface area contributed by atoms with E-state index in [1.807, 2.05) is 64.0 Å². The third-order valence-electron chi connectivity index (χ3n) is 7.74. The molecule has 10 nitrogen and oxygen atoms in total. The van der Waals surface area contributed by atoms with Crippen LogP contribution in [-0.4, -0.2) is 39.5 Å². The van der Waals surface area contributed by atoms with E-state index in [1.54, 1.807) is 0 Å². The minimum absolute atomic E-state index is 0. The summed E-state index contributed by atoms with van der Waals surface area (Å²) in [4.78, 5) is 16.9. The van der Waals surface area contributed by atoms with E-state index in [-0.39, 0.29) is 7.43 Å². The maximum Gasteiger partial charge on any atom is 0.164 e. The second-order valence-corrected chi connectivity index (χ2v) is 12.0. The molecule has 0 bridgehead atoms. The van der Waals surface area contributed by atoms with Crippen LogP contribution in [0.5, 0.6) is 0 Å². The number of benzene rings is 2. The van der Waals surface area contributed by atoms with Crippen molar-refractivity contribution in [3.8, 4) is 0 Å². The lowest BCUT2D eigenvalue weighted by Crippen LogP contribution is -1.99. The molecular weight excluding hydrogens is 607 g/mol. The molecule has 4 N–H and O–H groups in total. The summed E-state index contributed by atoms with van der Waals surface area (Å²) in [6.07, 6.45) is 13.2. The summed E-state index contributed by atoms with van der Waals surface area (Å²) in [5, 5.41) is 12.6. The Kier molecular flexibility index (Phi) is 8.69. The Morgan fingerprint density at radius 2 is 1.31 bits per heavy atom. The highest BCUT2D eigenvalue weighted by molar-refractivity contribution is 6.31. The Bertz CT molecular complexity index is 2010. The van der Waals surface area contributed by atoms with E-state index < -0.39 is 0 Å². The molecule has 6 aromatic rings. The van der Waals surface area contributed by atoms with Gasteiger partial charge >= 0.3 is 0 Å². The van der Waals surface area contributed by atoms with Crippen molar-refractivity contribution in [2.45, 2.75) is 58.0 Å². The van der Waals surface area contributed by atoms with E-state index >= 15 is 0 Å². The van der Waals surface area contributed by atoms with E-state index in [4.69, 9.17) is 39.8 Å². The van der Waals surface area contributed by atoms with Crippen molar-refractivity contribution < 1.29 is 0 Å². The monoisotopic (exact) mass is 640 g/mol. The average Bonchev–Trinajstić information content (AvgIpc) is 3.96. The van der Waals surface area contributed by atoms with Crippen molar-refractivity contribution in [2.24, 2.45) is 0 Å². The molecule has 45 heavy (non-hydrogen) atoms. The first-order valence-corrected chi connectivity index (χ1v) is 15.3. The Morgan fingerprint density at radius 3 is 1.96 bits per heavy atom. The molecular formula is C33H34Cl2N10. The first-order valence-electron chi connectivity index (χ1n) is 14.6. The van der Waals surface area contributed by atoms with Gasteiger partial charge in [0.05, 0.1) is 34.2 Å². The number of aromatic nitrogens is 8. The molecule has 0 radical (unpaired) electrons. The third kappa shape index (κ3) is 6.62. The van der Waals surface area contributed by atoms with E-state index in [2.05, 4.69) is 31.1 Å². The fourth-order valence-electron chi connectivity index (χ4n) is 5.27. The Hall–Kier alpha value is -4.54. The lowest BCUT2D eigenvalue weighted by molar-refractivity contribution is 0.643. The van der Waals surface area contributed by atoms with E-state index in [0.717, 1.165) is 82.6 Å². The molecule has 0 unspecified atom stereocenters. The fraction of sp³-hybridized carbons (Fsp3) is 0.273. The van der Waals surface area contributed by atoms with Gasteiger partial charge in [0, 0.05) is 10.0 Å². The number of anilines is 2. The molecule has 2 fully saturated rings. The second-order valence-electron chi connectivity index (χ2n) is 11.1. The molecule has 2 aliphatic carbocycles. The van der Waals surface area contributed by atoms with Gasteiger partial charge in [-0.3, -0.25) is 0 Å². The third-order valence-corrected chi connectivity index (χ3v) is 8.21. The zero-order chi connectivity index (χ0) is 30.2. The molecule has 4 aromatic heterocycles. The number of hydrogen-bond donors (Lipinski definition) is 2. The number of halogens is 2. The number of fused-ring (bicyclic) bond motifs is 2. The highest BCUT2D eigenvalue weighted by Gasteiger charge is 2.29. The predicted molar refractivity (Wildman–Crippen MR) is 182 cm³/mol. The molecule has 8 rings (SSSR count). The lowest BCUT2D eigenvalue weighted by atomic mass is 10.1. The van der Waals surface area contributed by atoms with Gasteiger partial charge in [-0.2, -0.15) is 10.2 Å². The smallest absolute Gasteiger partial charge is 0.164 e. The Labute approximate surface area is 271 Å². The van der Waals surface area contributed by atoms with Gasteiger partial charge < -0.3 is 11.5 Å². The molecule has 0 aliphatic heterocycles. The van der Waals surface area contributed by atoms with E-state index in [9.17, 15) is 0 Å². The zero-order valence-corrected chi connectivity index (χ0v) is 25.3. The van der Waals surface area contributed by atoms with Crippen LogP contribution in [0.2, 0.25) is 10.0 Å². The normalized spacial score (nSPS) is 14.4. The van der Waals surface area contributed by atoms with Crippen molar-refractivity contribution in [1.29, 1.82) is 0 Å². The number of hydrogen-bond acceptors (Lipinski definition) is 8. The molecule has 0 saturated heterocycles. The van der Waals surface area contributed by atoms with Crippen molar-refractivity contribution in [1.82, 2.24) is 39.5 Å². The van der Waals surface area contributed by atoms with Crippen LogP contribution in [-0.2, 0) is 12.8 Å². The Morgan fingerprint density at radius 1 is 0.711 bits per heavy atom. The van der Waals surface area contributed by atoms with Crippen molar-refractivity contribution >= 4 is 69.1 Å². The van der Waals surface area contributed by atoms with Crippen LogP contribution >= 0.6 is 23.2 Å². The standard InChI is InChI=1S/C16H16ClN5.C16H14ClN5.CH4/c2*17-11-3-1-2-10(8-11)4-7-13-14-15(18)19-9-20-16(14)22(21-13)12-5-6-12;/h1-3,8-9,12H,4-7H2,(H2,18,19,20);1-4,7-9,12H,5-6H2,(H2,18,19,20);1H4/b;7-4+;. The van der Waals surface area contributed by atoms with Gasteiger partial charge in [-0.05, 0) is 80.0 Å². The highest BCUT2D eigenvalue weighted by atomic mass is 35.5. The van der Waals surface area contributed by atoms with Gasteiger partial charge in [0.15, 0.2) is 11.3 Å². The number of nitrogens with two attached hydrogens (primary N) is 2. The molecule has 230 valence electrons. The van der Waals surface area contributed by atoms with Gasteiger partial charge in [-0.15, -0.1) is 0 Å². The summed E-state index contributed by atoms with van der Waals surface area (Å²) in [6, 6.07) is 16.5. The van der Waals surface area contributed by atoms with Gasteiger partial charge in [-0.25, -0.2) is 29.3 Å². The minimum Gasteiger partial charge on any atom is -0.383 e. The van der Waals surface area contributed by atoms with Crippen molar-refractivity contribution in [3.63, 3.8) is 0 Å². The molecule has 0 amide bonds. The lowest BCUT2D eigenvalue weighted by Gasteiger charge is -2.01. The van der Waals surface area contributed by atoms with Crippen LogP contribution in [0.3, 0.4) is 0 Å². The number of nitrogen functional groups attached to an aromatic ring is 2. The van der Waals surface area contributed by atoms with E-state index in [1.165, 1.54) is 18.2 Å². The maximum atomic E-state index is 6.06. The molecule has 2 aliphatic rings. The Balaban J connectivity index is 0.000000155. The molecule has 2 aromatic carbocycles. The first-order chi connectivity index (χ1) is 21.4. The van der Waals surface area contributed by atoms with Crippen LogP contribution in [0.25, 0.3) is 34.2 Å². The predicted octanol–water partition coefficient (Wildman–Crippen LogP) is 7.39. The molecule has 12 heteroatoms. The van der Waals surface area contributed by atoms with Crippen LogP contribution in [0.1, 0.15) is 67.7 Å². The SMILES string of the molecule is C.Nc1ncnc2c1c(/C=C/c1cccc(Cl)c1)nn2C1CC1.Nc1ncnc2c1c(CCc1cccc(Cl)c1)nn2C1CC1. The summed E-state index contributed by atoms with van der Waals surface area (Å²) in [7, 11) is 0. The van der Waals surface area contributed by atoms with Crippen LogP contribution < -0.4 is 11.5 Å². The van der Waals surface area contributed by atoms with Gasteiger partial charge in [0.2, 0.25) is 0 Å². The van der Waals surface area contributed by atoms with Crippen molar-refractivity contribution in [2.75, 3.05) is 11.5 Å². The van der Waals surface area contributed by atoms with Crippen LogP contribution in [0.4, 0.5) is 11.6 Å². The molecule has 0 atom stereocenters. The number of rotatable bonds is 7. The van der Waals surface area contributed by atoms with Gasteiger partial charge in [0.25, 0.3) is 0 Å². The zero-order valence-electron chi connectivity index (χ0n) is 23.8. The molecule has 2 saturated carbocycles. The largest absolute Gasteiger partial charge is 0.383 e. The van der Waals surface area contributed by atoms with Gasteiger partial charge in [0.1, 0.15) is 24.3 Å². The number of aryl methyl sites for hydroxylation is 2. The summed E-state index contributed by atoms with van der Waals surface area (Å²) >= 11 is 12.0. The topological polar surface area (TPSA) is 139 Å². The van der Waals surface area contributed by atoms with Gasteiger partial charge in [-0.1, -0.05) is 61.0 Å². The number of nitrogens with zero attached hydrogens (tertiary/aromatic N) is 8. The second kappa shape index (κ2) is 12.8. The van der Waals surface area contributed by atoms with Crippen LogP contribution in [0.15, 0.2) is 61.2 Å². The highest BCUT2D eigenvalue weighted by Crippen LogP contribution is 2.39. The maximum absolute atomic E-state index is 6.06. The fourth-order valence-corrected chi connectivity index (χ4v) is 5.68. The molecule has 0 spiro atoms. The first kappa shape index (κ1) is 30.5. The summed E-state index contributed by atoms with van der Waals surface area (Å²) in [5.41, 5.74) is 17.7. The quantitative estimate of drug-likeness (QED) is 0.184. The van der Waals surface area contributed by atoms with Crippen molar-refractivity contribution in [3.05, 3.63) is 93.7 Å². The summed E-state index contributed by atoms with van der Waals surface area (Å²) in [5.74, 6) is 0.973. The van der Waals surface area contributed by atoms with E-state index in [0.29, 0.717) is 28.7 Å². The summed E-state index contributed by atoms with van der Waals surface area (Å²) < 4.78 is 3.98. The molecule has 4 heterocycles. The average molecular weight is 642 g/mol.